The molecule has 2 aliphatic rings. The quantitative estimate of drug-likeness (QED) is 0.677. The van der Waals surface area contributed by atoms with Gasteiger partial charge in [-0.2, -0.15) is 0 Å². The molecule has 1 N–H and O–H groups in total. The molecule has 0 saturated carbocycles. The summed E-state index contributed by atoms with van der Waals surface area (Å²) in [6.45, 7) is 3.84. The third-order valence-corrected chi connectivity index (χ3v) is 6.85. The highest BCUT2D eigenvalue weighted by Crippen LogP contribution is 2.56. The second-order valence-corrected chi connectivity index (χ2v) is 8.18. The van der Waals surface area contributed by atoms with Crippen molar-refractivity contribution in [3.8, 4) is 11.5 Å². The minimum absolute atomic E-state index is 0.0453. The maximum atomic E-state index is 12.9. The summed E-state index contributed by atoms with van der Waals surface area (Å²) in [4.78, 5) is 25.6. The number of rotatable bonds is 3. The Kier molecular flexibility index (Phi) is 4.77. The minimum atomic E-state index is -1.18. The summed E-state index contributed by atoms with van der Waals surface area (Å²) in [6, 6.07) is 5.12. The van der Waals surface area contributed by atoms with E-state index in [1.54, 1.807) is 24.3 Å². The molecule has 1 aromatic carbocycles. The largest absolute Gasteiger partial charge is 0.504 e. The number of hydrogen-bond acceptors (Lipinski definition) is 4. The number of aromatic hydroxyl groups is 1. The van der Waals surface area contributed by atoms with Crippen molar-refractivity contribution in [3.63, 3.8) is 0 Å². The van der Waals surface area contributed by atoms with Crippen LogP contribution in [-0.2, 0) is 9.59 Å². The first-order valence-corrected chi connectivity index (χ1v) is 9.28. The van der Waals surface area contributed by atoms with Crippen LogP contribution in [0, 0.1) is 5.92 Å². The Morgan fingerprint density at radius 1 is 1.40 bits per heavy atom. The van der Waals surface area contributed by atoms with E-state index < -0.39 is 16.2 Å². The third-order valence-electron chi connectivity index (χ3n) is 4.83. The SMILES string of the molecule is C=CC1=CC[C@H]2C(=O)C(Br)=CC(=O)[C@@]2(Br)[C@H]1c1cccc(OC)c1O. The van der Waals surface area contributed by atoms with Crippen LogP contribution in [0.25, 0.3) is 0 Å². The van der Waals surface area contributed by atoms with E-state index in [1.807, 2.05) is 6.08 Å². The highest BCUT2D eigenvalue weighted by molar-refractivity contribution is 9.12. The molecule has 1 aromatic rings. The normalized spacial score (nSPS) is 28.8. The molecule has 0 saturated heterocycles. The number of carbonyl (C=O) groups excluding carboxylic acids is 2. The fourth-order valence-electron chi connectivity index (χ4n) is 3.61. The number of alkyl halides is 1. The summed E-state index contributed by atoms with van der Waals surface area (Å²) < 4.78 is 4.30. The van der Waals surface area contributed by atoms with Crippen molar-refractivity contribution < 1.29 is 19.4 Å². The van der Waals surface area contributed by atoms with Crippen molar-refractivity contribution in [2.45, 2.75) is 16.7 Å². The van der Waals surface area contributed by atoms with Gasteiger partial charge in [-0.1, -0.05) is 46.8 Å². The molecule has 0 radical (unpaired) electrons. The summed E-state index contributed by atoms with van der Waals surface area (Å²) in [7, 11) is 1.46. The first-order chi connectivity index (χ1) is 11.9. The topological polar surface area (TPSA) is 63.6 Å². The molecule has 0 fully saturated rings. The molecule has 130 valence electrons. The zero-order valence-corrected chi connectivity index (χ0v) is 16.6. The molecular weight excluding hydrogens is 452 g/mol. The molecule has 0 unspecified atom stereocenters. The van der Waals surface area contributed by atoms with Crippen LogP contribution in [0.3, 0.4) is 0 Å². The van der Waals surface area contributed by atoms with Gasteiger partial charge in [0.25, 0.3) is 0 Å². The van der Waals surface area contributed by atoms with Gasteiger partial charge in [-0.3, -0.25) is 9.59 Å². The lowest BCUT2D eigenvalue weighted by atomic mass is 9.64. The van der Waals surface area contributed by atoms with E-state index in [1.165, 1.54) is 13.2 Å². The second-order valence-electron chi connectivity index (χ2n) is 6.02. The van der Waals surface area contributed by atoms with E-state index in [-0.39, 0.29) is 21.8 Å². The molecule has 3 rings (SSSR count). The monoisotopic (exact) mass is 466 g/mol. The molecule has 0 spiro atoms. The highest BCUT2D eigenvalue weighted by Gasteiger charge is 2.57. The number of ketones is 2. The smallest absolute Gasteiger partial charge is 0.175 e. The number of allylic oxidation sites excluding steroid dienone is 5. The molecule has 3 atom stereocenters. The highest BCUT2D eigenvalue weighted by atomic mass is 79.9. The number of phenolic OH excluding ortho intramolecular Hbond substituents is 1. The van der Waals surface area contributed by atoms with Crippen LogP contribution in [0.1, 0.15) is 17.9 Å². The predicted octanol–water partition coefficient (Wildman–Crippen LogP) is 4.18. The Morgan fingerprint density at radius 2 is 2.12 bits per heavy atom. The number of benzene rings is 1. The van der Waals surface area contributed by atoms with Crippen LogP contribution in [0.15, 0.2) is 53.1 Å². The second kappa shape index (κ2) is 6.57. The number of phenols is 1. The molecule has 25 heavy (non-hydrogen) atoms. The minimum Gasteiger partial charge on any atom is -0.504 e. The number of fused-ring (bicyclic) bond motifs is 1. The predicted molar refractivity (Wildman–Crippen MR) is 102 cm³/mol. The fraction of sp³-hybridized carbons (Fsp3) is 0.263. The number of Topliss-reactive ketones (excluding diaryl/α,β-unsaturated/α-hetero) is 1. The van der Waals surface area contributed by atoms with E-state index >= 15 is 0 Å². The van der Waals surface area contributed by atoms with Crippen molar-refractivity contribution in [1.29, 1.82) is 0 Å². The van der Waals surface area contributed by atoms with E-state index in [0.717, 1.165) is 5.57 Å². The Balaban J connectivity index is 2.27. The number of carbonyl (C=O) groups is 2. The van der Waals surface area contributed by atoms with Gasteiger partial charge in [0.15, 0.2) is 23.1 Å². The first-order valence-electron chi connectivity index (χ1n) is 7.69. The average molecular weight is 468 g/mol. The Labute approximate surface area is 162 Å². The van der Waals surface area contributed by atoms with Gasteiger partial charge in [-0.15, -0.1) is 0 Å². The van der Waals surface area contributed by atoms with Gasteiger partial charge in [-0.05, 0) is 34.0 Å². The van der Waals surface area contributed by atoms with Crippen LogP contribution >= 0.6 is 31.9 Å². The summed E-state index contributed by atoms with van der Waals surface area (Å²) >= 11 is 6.78. The van der Waals surface area contributed by atoms with Crippen molar-refractivity contribution in [1.82, 2.24) is 0 Å². The van der Waals surface area contributed by atoms with E-state index in [0.29, 0.717) is 17.7 Å². The molecule has 0 amide bonds. The number of methoxy groups -OCH3 is 1. The lowest BCUT2D eigenvalue weighted by Crippen LogP contribution is -2.52. The maximum absolute atomic E-state index is 12.9. The Morgan fingerprint density at radius 3 is 2.76 bits per heavy atom. The van der Waals surface area contributed by atoms with Crippen LogP contribution < -0.4 is 4.74 Å². The third kappa shape index (κ3) is 2.62. The van der Waals surface area contributed by atoms with Gasteiger partial charge >= 0.3 is 0 Å². The number of hydrogen-bond donors (Lipinski definition) is 1. The molecule has 4 nitrogen and oxygen atoms in total. The molecule has 2 aliphatic carbocycles. The number of halogens is 2. The van der Waals surface area contributed by atoms with Gasteiger partial charge in [0.1, 0.15) is 4.32 Å². The molecule has 0 bridgehead atoms. The fourth-order valence-corrected chi connectivity index (χ4v) is 5.11. The summed E-state index contributed by atoms with van der Waals surface area (Å²) in [5, 5.41) is 10.6. The summed E-state index contributed by atoms with van der Waals surface area (Å²) in [5.74, 6) is -1.22. The van der Waals surface area contributed by atoms with Gasteiger partial charge in [0, 0.05) is 17.6 Å². The molecule has 0 heterocycles. The van der Waals surface area contributed by atoms with Gasteiger partial charge in [0.05, 0.1) is 17.5 Å². The number of para-hydroxylation sites is 1. The van der Waals surface area contributed by atoms with Crippen LogP contribution in [0.5, 0.6) is 11.5 Å². The Hall–Kier alpha value is -1.66. The van der Waals surface area contributed by atoms with Crippen molar-refractivity contribution in [3.05, 3.63) is 58.6 Å². The average Bonchev–Trinajstić information content (AvgIpc) is 2.60. The van der Waals surface area contributed by atoms with E-state index in [9.17, 15) is 14.7 Å². The zero-order valence-electron chi connectivity index (χ0n) is 13.5. The van der Waals surface area contributed by atoms with Crippen molar-refractivity contribution in [2.24, 2.45) is 5.92 Å². The lowest BCUT2D eigenvalue weighted by molar-refractivity contribution is -0.127. The Bertz CT molecular complexity index is 840. The van der Waals surface area contributed by atoms with Gasteiger partial charge in [-0.25, -0.2) is 0 Å². The van der Waals surface area contributed by atoms with Crippen LogP contribution in [0.2, 0.25) is 0 Å². The van der Waals surface area contributed by atoms with Crippen molar-refractivity contribution >= 4 is 43.4 Å². The maximum Gasteiger partial charge on any atom is 0.175 e. The van der Waals surface area contributed by atoms with E-state index in [4.69, 9.17) is 4.74 Å². The molecule has 0 aromatic heterocycles. The van der Waals surface area contributed by atoms with Crippen molar-refractivity contribution in [2.75, 3.05) is 7.11 Å². The summed E-state index contributed by atoms with van der Waals surface area (Å²) in [6.07, 6.45) is 5.29. The lowest BCUT2D eigenvalue weighted by Gasteiger charge is -2.45. The standard InChI is InChI=1S/C19H16Br2O4/c1-3-10-7-8-12-18(24)13(20)9-15(22)19(12,21)16(10)11-5-4-6-14(25-2)17(11)23/h3-7,9,12,16,23H,1,8H2,2H3/t12-,16+,19+/m0/s1. The van der Waals surface area contributed by atoms with Crippen LogP contribution in [-0.4, -0.2) is 28.1 Å². The molecular formula is C19H16Br2O4. The first kappa shape index (κ1) is 18.1. The molecule has 6 heteroatoms. The van der Waals surface area contributed by atoms with Gasteiger partial charge < -0.3 is 9.84 Å². The van der Waals surface area contributed by atoms with E-state index in [2.05, 4.69) is 38.4 Å². The summed E-state index contributed by atoms with van der Waals surface area (Å²) in [5.41, 5.74) is 1.30. The van der Waals surface area contributed by atoms with Crippen LogP contribution in [0.4, 0.5) is 0 Å². The number of ether oxygens (including phenoxy) is 1. The molecule has 0 aliphatic heterocycles. The van der Waals surface area contributed by atoms with Gasteiger partial charge in [0.2, 0.25) is 0 Å². The zero-order chi connectivity index (χ0) is 18.4.